The maximum atomic E-state index is 10.7. The third kappa shape index (κ3) is 2.45. The Balaban J connectivity index is 2.19. The average molecular weight is 249 g/mol. The fraction of sp³-hybridized carbons (Fsp3) is 0.385. The lowest BCUT2D eigenvalue weighted by Crippen LogP contribution is -2.25. The van der Waals surface area contributed by atoms with Gasteiger partial charge >= 0.3 is 5.97 Å². The number of phenolic OH excluding ortho intramolecular Hbond substituents is 1. The Morgan fingerprint density at radius 1 is 1.39 bits per heavy atom. The number of aliphatic carboxylic acids is 1. The summed E-state index contributed by atoms with van der Waals surface area (Å²) in [5, 5.41) is 22.1. The maximum absolute atomic E-state index is 10.7. The molecule has 5 nitrogen and oxygen atoms in total. The van der Waals surface area contributed by atoms with Crippen molar-refractivity contribution >= 4 is 11.7 Å². The zero-order chi connectivity index (χ0) is 13.1. The molecule has 0 aliphatic carbocycles. The van der Waals surface area contributed by atoms with E-state index in [2.05, 4.69) is 5.16 Å². The largest absolute Gasteiger partial charge is 0.508 e. The lowest BCUT2D eigenvalue weighted by molar-refractivity contribution is -0.140. The van der Waals surface area contributed by atoms with Crippen molar-refractivity contribution in [1.82, 2.24) is 0 Å². The van der Waals surface area contributed by atoms with Gasteiger partial charge in [0.25, 0.3) is 0 Å². The van der Waals surface area contributed by atoms with E-state index in [1.165, 1.54) is 0 Å². The highest BCUT2D eigenvalue weighted by molar-refractivity contribution is 6.03. The molecule has 18 heavy (non-hydrogen) atoms. The second-order valence-electron chi connectivity index (χ2n) is 4.28. The van der Waals surface area contributed by atoms with Crippen LogP contribution in [0.1, 0.15) is 25.3 Å². The van der Waals surface area contributed by atoms with Gasteiger partial charge in [0.1, 0.15) is 11.9 Å². The Kier molecular flexibility index (Phi) is 3.50. The minimum atomic E-state index is -0.888. The quantitative estimate of drug-likeness (QED) is 0.855. The first-order valence-electron chi connectivity index (χ1n) is 5.86. The molecular weight excluding hydrogens is 234 g/mol. The Morgan fingerprint density at radius 2 is 2.06 bits per heavy atom. The van der Waals surface area contributed by atoms with Crippen LogP contribution in [-0.4, -0.2) is 28.0 Å². The molecule has 1 aromatic carbocycles. The number of benzene rings is 1. The smallest absolute Gasteiger partial charge is 0.307 e. The number of oxime groups is 1. The van der Waals surface area contributed by atoms with Crippen molar-refractivity contribution in [2.45, 2.75) is 25.9 Å². The molecule has 1 aliphatic heterocycles. The molecule has 0 spiro atoms. The van der Waals surface area contributed by atoms with E-state index in [0.29, 0.717) is 0 Å². The molecule has 0 aromatic heterocycles. The first-order chi connectivity index (χ1) is 8.61. The van der Waals surface area contributed by atoms with Gasteiger partial charge in [-0.3, -0.25) is 4.79 Å². The van der Waals surface area contributed by atoms with Crippen LogP contribution in [0.25, 0.3) is 0 Å². The first kappa shape index (κ1) is 12.4. The van der Waals surface area contributed by atoms with Gasteiger partial charge in [-0.1, -0.05) is 12.1 Å². The number of hydrogen-bond donors (Lipinski definition) is 2. The van der Waals surface area contributed by atoms with E-state index in [4.69, 9.17) is 9.94 Å². The molecule has 1 aromatic rings. The van der Waals surface area contributed by atoms with Crippen molar-refractivity contribution in [3.63, 3.8) is 0 Å². The summed E-state index contributed by atoms with van der Waals surface area (Å²) in [4.78, 5) is 15.9. The fourth-order valence-electron chi connectivity index (χ4n) is 2.15. The van der Waals surface area contributed by atoms with Gasteiger partial charge in [-0.2, -0.15) is 0 Å². The molecule has 0 fully saturated rings. The van der Waals surface area contributed by atoms with Crippen molar-refractivity contribution in [3.05, 3.63) is 29.8 Å². The minimum Gasteiger partial charge on any atom is -0.508 e. The number of carboxylic acid groups (broad SMARTS) is 1. The van der Waals surface area contributed by atoms with Gasteiger partial charge in [-0.25, -0.2) is 0 Å². The van der Waals surface area contributed by atoms with Crippen LogP contribution in [0.2, 0.25) is 0 Å². The summed E-state index contributed by atoms with van der Waals surface area (Å²) in [6, 6.07) is 6.66. The van der Waals surface area contributed by atoms with Crippen LogP contribution in [0.4, 0.5) is 0 Å². The zero-order valence-electron chi connectivity index (χ0n) is 10.0. The Hall–Kier alpha value is -2.04. The highest BCUT2D eigenvalue weighted by Gasteiger charge is 2.34. The highest BCUT2D eigenvalue weighted by atomic mass is 16.6. The van der Waals surface area contributed by atoms with Crippen LogP contribution < -0.4 is 0 Å². The molecule has 2 rings (SSSR count). The van der Waals surface area contributed by atoms with Crippen LogP contribution in [0.3, 0.4) is 0 Å². The highest BCUT2D eigenvalue weighted by Crippen LogP contribution is 2.28. The zero-order valence-corrected chi connectivity index (χ0v) is 10.0. The lowest BCUT2D eigenvalue weighted by atomic mass is 9.89. The Labute approximate surface area is 105 Å². The summed E-state index contributed by atoms with van der Waals surface area (Å²) in [6.45, 7) is 1.98. The minimum absolute atomic E-state index is 0.0226. The molecule has 2 unspecified atom stereocenters. The van der Waals surface area contributed by atoms with Gasteiger partial charge in [0.15, 0.2) is 0 Å². The van der Waals surface area contributed by atoms with Crippen molar-refractivity contribution in [1.29, 1.82) is 0 Å². The third-order valence-electron chi connectivity index (χ3n) is 3.07. The number of nitrogens with zero attached hydrogens (tertiary/aromatic N) is 1. The molecule has 1 aliphatic rings. The number of carbonyl (C=O) groups is 1. The molecule has 0 bridgehead atoms. The van der Waals surface area contributed by atoms with E-state index in [9.17, 15) is 9.90 Å². The molecule has 0 radical (unpaired) electrons. The van der Waals surface area contributed by atoms with Crippen LogP contribution >= 0.6 is 0 Å². The second-order valence-corrected chi connectivity index (χ2v) is 4.28. The van der Waals surface area contributed by atoms with E-state index < -0.39 is 12.1 Å². The lowest BCUT2D eigenvalue weighted by Gasteiger charge is -2.15. The van der Waals surface area contributed by atoms with Crippen LogP contribution in [-0.2, 0) is 9.63 Å². The summed E-state index contributed by atoms with van der Waals surface area (Å²) >= 11 is 0. The number of phenols is 1. The maximum Gasteiger partial charge on any atom is 0.307 e. The molecular formula is C13H15NO4. The molecule has 2 N–H and O–H groups in total. The van der Waals surface area contributed by atoms with Gasteiger partial charge < -0.3 is 15.1 Å². The number of carboxylic acids is 1. The van der Waals surface area contributed by atoms with Crippen molar-refractivity contribution < 1.29 is 19.8 Å². The monoisotopic (exact) mass is 249 g/mol. The summed E-state index contributed by atoms with van der Waals surface area (Å²) in [5.41, 5.74) is 1.61. The SMILES string of the molecule is CCC1C(c2ccc(O)cc2)=NOC1CC(=O)O. The summed E-state index contributed by atoms with van der Waals surface area (Å²) in [7, 11) is 0. The molecule has 96 valence electrons. The second kappa shape index (κ2) is 5.08. The average Bonchev–Trinajstić information content (AvgIpc) is 2.72. The summed E-state index contributed by atoms with van der Waals surface area (Å²) in [6.07, 6.45) is 0.303. The molecule has 1 heterocycles. The van der Waals surface area contributed by atoms with Gasteiger partial charge in [-0.15, -0.1) is 0 Å². The Morgan fingerprint density at radius 3 is 2.61 bits per heavy atom. The van der Waals surface area contributed by atoms with Gasteiger partial charge in [-0.05, 0) is 36.2 Å². The van der Waals surface area contributed by atoms with Crippen molar-refractivity contribution in [3.8, 4) is 5.75 Å². The first-order valence-corrected chi connectivity index (χ1v) is 5.86. The van der Waals surface area contributed by atoms with Crippen molar-refractivity contribution in [2.75, 3.05) is 0 Å². The fourth-order valence-corrected chi connectivity index (χ4v) is 2.15. The molecule has 0 amide bonds. The van der Waals surface area contributed by atoms with Crippen LogP contribution in [0.5, 0.6) is 5.75 Å². The number of aromatic hydroxyl groups is 1. The molecule has 0 saturated carbocycles. The van der Waals surface area contributed by atoms with E-state index in [1.807, 2.05) is 6.92 Å². The predicted octanol–water partition coefficient (Wildman–Crippen LogP) is 2.00. The summed E-state index contributed by atoms with van der Waals surface area (Å²) in [5.74, 6) is -0.723. The van der Waals surface area contributed by atoms with Gasteiger partial charge in [0.05, 0.1) is 12.1 Å². The van der Waals surface area contributed by atoms with Gasteiger partial charge in [0.2, 0.25) is 0 Å². The van der Waals surface area contributed by atoms with Crippen LogP contribution in [0.15, 0.2) is 29.4 Å². The number of rotatable bonds is 4. The van der Waals surface area contributed by atoms with E-state index in [-0.39, 0.29) is 18.1 Å². The Bertz CT molecular complexity index is 466. The molecule has 0 saturated heterocycles. The van der Waals surface area contributed by atoms with Crippen molar-refractivity contribution in [2.24, 2.45) is 11.1 Å². The van der Waals surface area contributed by atoms with Crippen LogP contribution in [0, 0.1) is 5.92 Å². The van der Waals surface area contributed by atoms with Gasteiger partial charge in [0, 0.05) is 5.92 Å². The normalized spacial score (nSPS) is 22.4. The third-order valence-corrected chi connectivity index (χ3v) is 3.07. The predicted molar refractivity (Wildman–Crippen MR) is 65.6 cm³/mol. The molecule has 2 atom stereocenters. The van der Waals surface area contributed by atoms with E-state index in [1.54, 1.807) is 24.3 Å². The molecule has 5 heteroatoms. The summed E-state index contributed by atoms with van der Waals surface area (Å²) < 4.78 is 0. The standard InChI is InChI=1S/C13H15NO4/c1-2-10-11(7-12(16)17)18-14-13(10)8-3-5-9(15)6-4-8/h3-6,10-11,15H,2,7H2,1H3,(H,16,17). The van der Waals surface area contributed by atoms with E-state index in [0.717, 1.165) is 17.7 Å². The van der Waals surface area contributed by atoms with E-state index >= 15 is 0 Å². The topological polar surface area (TPSA) is 79.1 Å². The number of hydrogen-bond acceptors (Lipinski definition) is 4.